The molecule has 0 bridgehead atoms. The van der Waals surface area contributed by atoms with E-state index in [9.17, 15) is 0 Å². The number of rotatable bonds is 7. The van der Waals surface area contributed by atoms with E-state index in [-0.39, 0.29) is 0 Å². The summed E-state index contributed by atoms with van der Waals surface area (Å²) in [7, 11) is 0. The van der Waals surface area contributed by atoms with Crippen LogP contribution in [0.5, 0.6) is 0 Å². The van der Waals surface area contributed by atoms with Gasteiger partial charge in [0.15, 0.2) is 0 Å². The van der Waals surface area contributed by atoms with Gasteiger partial charge in [-0.05, 0) is 103 Å². The zero-order chi connectivity index (χ0) is 40.3. The van der Waals surface area contributed by atoms with Gasteiger partial charge in [-0.3, -0.25) is 0 Å². The highest BCUT2D eigenvalue weighted by molar-refractivity contribution is 6.25. The minimum Gasteiger partial charge on any atom is -0.456 e. The second kappa shape index (κ2) is 14.1. The van der Waals surface area contributed by atoms with Crippen LogP contribution in [-0.4, -0.2) is 0 Å². The lowest BCUT2D eigenvalue weighted by molar-refractivity contribution is 0.669. The van der Waals surface area contributed by atoms with Crippen molar-refractivity contribution in [2.75, 3.05) is 4.90 Å². The summed E-state index contributed by atoms with van der Waals surface area (Å²) in [5.74, 6) is 0. The van der Waals surface area contributed by atoms with Crippen molar-refractivity contribution in [2.45, 2.75) is 5.41 Å². The summed E-state index contributed by atoms with van der Waals surface area (Å²) in [4.78, 5) is 2.49. The van der Waals surface area contributed by atoms with E-state index in [1.54, 1.807) is 0 Å². The van der Waals surface area contributed by atoms with Gasteiger partial charge in [0.05, 0.1) is 16.5 Å². The maximum Gasteiger partial charge on any atom is 0.137 e. The fraction of sp³-hybridized carbons (Fsp3) is 0.0169. The number of hydrogen-bond acceptors (Lipinski definition) is 2. The van der Waals surface area contributed by atoms with Gasteiger partial charge < -0.3 is 9.32 Å². The smallest absolute Gasteiger partial charge is 0.137 e. The predicted molar refractivity (Wildman–Crippen MR) is 254 cm³/mol. The summed E-state index contributed by atoms with van der Waals surface area (Å²) in [5.41, 5.74) is 16.5. The minimum absolute atomic E-state index is 0.555. The third-order valence-electron chi connectivity index (χ3n) is 12.7. The van der Waals surface area contributed by atoms with Gasteiger partial charge in [0.25, 0.3) is 0 Å². The Hall–Kier alpha value is -7.94. The Balaban J connectivity index is 1.21. The highest BCUT2D eigenvalue weighted by Crippen LogP contribution is 2.58. The predicted octanol–water partition coefficient (Wildman–Crippen LogP) is 15.9. The fourth-order valence-corrected chi connectivity index (χ4v) is 10.1. The summed E-state index contributed by atoms with van der Waals surface area (Å²) in [6, 6.07) is 86.1. The van der Waals surface area contributed by atoms with Gasteiger partial charge in [0, 0.05) is 22.3 Å². The lowest BCUT2D eigenvalue weighted by Gasteiger charge is -2.35. The molecule has 12 rings (SSSR count). The van der Waals surface area contributed by atoms with Crippen molar-refractivity contribution in [1.82, 2.24) is 0 Å². The zero-order valence-corrected chi connectivity index (χ0v) is 33.4. The van der Waals surface area contributed by atoms with Crippen molar-refractivity contribution >= 4 is 49.8 Å². The molecule has 0 fully saturated rings. The third kappa shape index (κ3) is 5.43. The van der Waals surface area contributed by atoms with Crippen LogP contribution in [0.2, 0.25) is 0 Å². The Kier molecular flexibility index (Phi) is 8.11. The van der Waals surface area contributed by atoms with Gasteiger partial charge in [-0.15, -0.1) is 0 Å². The van der Waals surface area contributed by atoms with E-state index in [2.05, 4.69) is 241 Å². The SMILES string of the molecule is c1ccc(-c2ccc(N(c3ccc4c(c3)C(c3ccccc3)(c3ccccc3)c3ccccc3-4)c3c(-c4ccccc4)ccc4oc5ccc6ccccc6c5c34)cc2)cc1. The molecule has 0 radical (unpaired) electrons. The Morgan fingerprint density at radius 1 is 0.344 bits per heavy atom. The van der Waals surface area contributed by atoms with E-state index >= 15 is 0 Å². The maximum absolute atomic E-state index is 6.83. The van der Waals surface area contributed by atoms with Crippen molar-refractivity contribution < 1.29 is 4.42 Å². The quantitative estimate of drug-likeness (QED) is 0.160. The monoisotopic (exact) mass is 777 g/mol. The van der Waals surface area contributed by atoms with Crippen molar-refractivity contribution in [3.05, 3.63) is 259 Å². The molecule has 0 N–H and O–H groups in total. The fourth-order valence-electron chi connectivity index (χ4n) is 10.1. The molecule has 0 aliphatic heterocycles. The second-order valence-corrected chi connectivity index (χ2v) is 16.0. The summed E-state index contributed by atoms with van der Waals surface area (Å²) in [6.45, 7) is 0. The highest BCUT2D eigenvalue weighted by Gasteiger charge is 2.46. The number of anilines is 3. The van der Waals surface area contributed by atoms with Gasteiger partial charge >= 0.3 is 0 Å². The number of nitrogens with zero attached hydrogens (tertiary/aromatic N) is 1. The highest BCUT2D eigenvalue weighted by atomic mass is 16.3. The average molecular weight is 778 g/mol. The first kappa shape index (κ1) is 35.0. The summed E-state index contributed by atoms with van der Waals surface area (Å²) in [6.07, 6.45) is 0. The molecule has 0 amide bonds. The molecule has 11 aromatic rings. The first-order chi connectivity index (χ1) is 30.3. The molecular weight excluding hydrogens is 739 g/mol. The van der Waals surface area contributed by atoms with E-state index in [1.165, 1.54) is 55.3 Å². The molecule has 0 spiro atoms. The van der Waals surface area contributed by atoms with E-state index in [0.29, 0.717) is 0 Å². The molecule has 1 aromatic heterocycles. The van der Waals surface area contributed by atoms with E-state index in [1.807, 2.05) is 0 Å². The molecule has 10 aromatic carbocycles. The van der Waals surface area contributed by atoms with Gasteiger partial charge in [-0.2, -0.15) is 0 Å². The zero-order valence-electron chi connectivity index (χ0n) is 33.4. The van der Waals surface area contributed by atoms with E-state index in [0.717, 1.165) is 50.1 Å². The van der Waals surface area contributed by atoms with Crippen LogP contribution in [0.4, 0.5) is 17.1 Å². The van der Waals surface area contributed by atoms with Crippen LogP contribution in [0.25, 0.3) is 66.1 Å². The molecule has 1 heterocycles. The summed E-state index contributed by atoms with van der Waals surface area (Å²) < 4.78 is 6.83. The molecule has 0 unspecified atom stereocenters. The Labute approximate surface area is 355 Å². The Bertz CT molecular complexity index is 3350. The molecule has 1 aliphatic rings. The first-order valence-electron chi connectivity index (χ1n) is 21.0. The molecular formula is C59H39NO. The molecule has 0 saturated carbocycles. The van der Waals surface area contributed by atoms with Crippen molar-refractivity contribution in [2.24, 2.45) is 0 Å². The first-order valence-corrected chi connectivity index (χ1v) is 21.0. The van der Waals surface area contributed by atoms with Gasteiger partial charge in [0.2, 0.25) is 0 Å². The van der Waals surface area contributed by atoms with Crippen molar-refractivity contribution in [1.29, 1.82) is 0 Å². The van der Waals surface area contributed by atoms with Crippen molar-refractivity contribution in [3.63, 3.8) is 0 Å². The van der Waals surface area contributed by atoms with Crippen LogP contribution < -0.4 is 4.90 Å². The molecule has 1 aliphatic carbocycles. The number of benzene rings is 10. The molecule has 2 nitrogen and oxygen atoms in total. The van der Waals surface area contributed by atoms with E-state index < -0.39 is 5.41 Å². The largest absolute Gasteiger partial charge is 0.456 e. The van der Waals surface area contributed by atoms with Gasteiger partial charge in [0.1, 0.15) is 11.2 Å². The third-order valence-corrected chi connectivity index (χ3v) is 12.7. The van der Waals surface area contributed by atoms with Crippen LogP contribution in [-0.2, 0) is 5.41 Å². The standard InChI is InChI=1S/C59H39NO/c1-5-17-40(18-6-1)41-29-32-46(33-30-41)60(58-49(42-19-7-2-8-20-42)36-38-55-57(58)56-48-26-14-13-21-43(48)31-37-54(56)61-55)47-34-35-51-50-27-15-16-28-52(50)59(53(51)39-47,44-22-9-3-10-23-44)45-24-11-4-12-25-45/h1-39H. The molecule has 0 atom stereocenters. The Morgan fingerprint density at radius 2 is 0.869 bits per heavy atom. The number of hydrogen-bond donors (Lipinski definition) is 0. The Morgan fingerprint density at radius 3 is 1.59 bits per heavy atom. The number of furan rings is 1. The molecule has 61 heavy (non-hydrogen) atoms. The summed E-state index contributed by atoms with van der Waals surface area (Å²) in [5, 5.41) is 4.55. The molecule has 286 valence electrons. The van der Waals surface area contributed by atoms with Crippen LogP contribution in [0.1, 0.15) is 22.3 Å². The topological polar surface area (TPSA) is 16.4 Å². The second-order valence-electron chi connectivity index (χ2n) is 16.0. The van der Waals surface area contributed by atoms with Crippen molar-refractivity contribution in [3.8, 4) is 33.4 Å². The normalized spacial score (nSPS) is 12.7. The maximum atomic E-state index is 6.83. The molecule has 2 heteroatoms. The summed E-state index contributed by atoms with van der Waals surface area (Å²) >= 11 is 0. The van der Waals surface area contributed by atoms with Crippen LogP contribution >= 0.6 is 0 Å². The van der Waals surface area contributed by atoms with E-state index in [4.69, 9.17) is 4.42 Å². The number of fused-ring (bicyclic) bond motifs is 8. The minimum atomic E-state index is -0.555. The van der Waals surface area contributed by atoms with Gasteiger partial charge in [-0.1, -0.05) is 194 Å². The van der Waals surface area contributed by atoms with Crippen LogP contribution in [0.3, 0.4) is 0 Å². The van der Waals surface area contributed by atoms with Crippen LogP contribution in [0, 0.1) is 0 Å². The lowest BCUT2D eigenvalue weighted by Crippen LogP contribution is -2.28. The van der Waals surface area contributed by atoms with Gasteiger partial charge in [-0.25, -0.2) is 0 Å². The average Bonchev–Trinajstić information content (AvgIpc) is 3.87. The lowest BCUT2D eigenvalue weighted by atomic mass is 9.67. The van der Waals surface area contributed by atoms with Crippen LogP contribution in [0.15, 0.2) is 241 Å². The molecule has 0 saturated heterocycles.